The third kappa shape index (κ3) is 2.56. The van der Waals surface area contributed by atoms with Crippen LogP contribution >= 0.6 is 0 Å². The van der Waals surface area contributed by atoms with Gasteiger partial charge in [0, 0.05) is 13.2 Å². The predicted molar refractivity (Wildman–Crippen MR) is 91.4 cm³/mol. The molecule has 3 rings (SSSR count). The number of rotatable bonds is 3. The molecule has 0 spiro atoms. The third-order valence-corrected chi connectivity index (χ3v) is 4.16. The lowest BCUT2D eigenvalue weighted by Gasteiger charge is -2.32. The topological polar surface area (TPSA) is 78.6 Å². The van der Waals surface area contributed by atoms with E-state index in [0.717, 1.165) is 11.1 Å². The first-order valence-electron chi connectivity index (χ1n) is 7.56. The molecule has 0 radical (unpaired) electrons. The summed E-state index contributed by atoms with van der Waals surface area (Å²) in [5, 5.41) is 16.5. The fourth-order valence-electron chi connectivity index (χ4n) is 2.93. The monoisotopic (exact) mass is 325 g/mol. The van der Waals surface area contributed by atoms with Crippen LogP contribution in [0.15, 0.2) is 41.6 Å². The summed E-state index contributed by atoms with van der Waals surface area (Å²) in [6, 6.07) is 4.87. The number of carbonyl (C=O) groups is 1. The minimum absolute atomic E-state index is 0.109. The maximum Gasteiger partial charge on any atom is 0.257 e. The maximum atomic E-state index is 12.8. The van der Waals surface area contributed by atoms with Crippen molar-refractivity contribution in [2.75, 3.05) is 12.4 Å². The van der Waals surface area contributed by atoms with Crippen LogP contribution in [0.25, 0.3) is 5.57 Å². The number of nitrogens with zero attached hydrogens (tertiary/aromatic N) is 2. The van der Waals surface area contributed by atoms with Crippen LogP contribution in [0.5, 0.6) is 5.75 Å². The molecule has 0 fully saturated rings. The van der Waals surface area contributed by atoms with E-state index in [-0.39, 0.29) is 17.7 Å². The molecule has 0 saturated heterocycles. The minimum atomic E-state index is -0.259. The van der Waals surface area contributed by atoms with Crippen molar-refractivity contribution in [3.8, 4) is 5.75 Å². The van der Waals surface area contributed by atoms with Crippen LogP contribution in [-0.4, -0.2) is 28.1 Å². The van der Waals surface area contributed by atoms with Crippen LogP contribution in [0.1, 0.15) is 28.6 Å². The van der Waals surface area contributed by atoms with Crippen molar-refractivity contribution in [2.45, 2.75) is 19.9 Å². The van der Waals surface area contributed by atoms with E-state index in [9.17, 15) is 9.90 Å². The highest BCUT2D eigenvalue weighted by Crippen LogP contribution is 2.37. The summed E-state index contributed by atoms with van der Waals surface area (Å²) >= 11 is 0. The molecule has 0 bridgehead atoms. The largest absolute Gasteiger partial charge is 0.508 e. The quantitative estimate of drug-likeness (QED) is 0.848. The Morgan fingerprint density at radius 1 is 1.46 bits per heavy atom. The zero-order valence-corrected chi connectivity index (χ0v) is 13.8. The summed E-state index contributed by atoms with van der Waals surface area (Å²) in [5.41, 5.74) is 3.31. The van der Waals surface area contributed by atoms with Crippen molar-refractivity contribution in [2.24, 2.45) is 0 Å². The van der Waals surface area contributed by atoms with E-state index in [1.807, 2.05) is 11.9 Å². The summed E-state index contributed by atoms with van der Waals surface area (Å²) in [6.45, 7) is 7.36. The molecule has 1 aromatic heterocycles. The van der Waals surface area contributed by atoms with Gasteiger partial charge in [0.25, 0.3) is 5.91 Å². The second-order valence-corrected chi connectivity index (χ2v) is 5.81. The molecule has 124 valence electrons. The van der Waals surface area contributed by atoms with Gasteiger partial charge < -0.3 is 19.8 Å². The number of fused-ring (bicyclic) bond motifs is 1. The Hall–Kier alpha value is -3.02. The smallest absolute Gasteiger partial charge is 0.257 e. The molecule has 1 atom stereocenters. The first-order chi connectivity index (χ1) is 11.4. The van der Waals surface area contributed by atoms with Crippen LogP contribution in [-0.2, 0) is 4.79 Å². The van der Waals surface area contributed by atoms with Crippen molar-refractivity contribution in [1.82, 2.24) is 10.1 Å². The first-order valence-corrected chi connectivity index (χ1v) is 7.56. The molecule has 2 heterocycles. The van der Waals surface area contributed by atoms with Crippen molar-refractivity contribution in [3.63, 3.8) is 0 Å². The zero-order valence-electron chi connectivity index (χ0n) is 13.8. The Morgan fingerprint density at radius 3 is 2.83 bits per heavy atom. The molecule has 1 aliphatic rings. The van der Waals surface area contributed by atoms with Crippen LogP contribution in [0.2, 0.25) is 0 Å². The van der Waals surface area contributed by atoms with Gasteiger partial charge in [0.05, 0.1) is 11.6 Å². The average Bonchev–Trinajstić information content (AvgIpc) is 2.85. The Balaban J connectivity index is 2.02. The molecule has 0 saturated carbocycles. The Morgan fingerprint density at radius 2 is 2.21 bits per heavy atom. The summed E-state index contributed by atoms with van der Waals surface area (Å²) in [4.78, 5) is 14.7. The molecule has 1 amide bonds. The van der Waals surface area contributed by atoms with Gasteiger partial charge in [0.1, 0.15) is 17.1 Å². The Labute approximate surface area is 140 Å². The van der Waals surface area contributed by atoms with Gasteiger partial charge in [-0.2, -0.15) is 0 Å². The van der Waals surface area contributed by atoms with Gasteiger partial charge >= 0.3 is 0 Å². The molecule has 6 nitrogen and oxygen atoms in total. The lowest BCUT2D eigenvalue weighted by atomic mass is 9.90. The minimum Gasteiger partial charge on any atom is -0.508 e. The number of carbonyl (C=O) groups excluding carboxylic acids is 1. The first kappa shape index (κ1) is 15.9. The van der Waals surface area contributed by atoms with Gasteiger partial charge in [0.15, 0.2) is 5.76 Å². The molecule has 24 heavy (non-hydrogen) atoms. The van der Waals surface area contributed by atoms with Gasteiger partial charge in [0.2, 0.25) is 0 Å². The molecule has 2 aromatic rings. The fraction of sp³-hybridized carbons (Fsp3) is 0.222. The van der Waals surface area contributed by atoms with Crippen molar-refractivity contribution >= 4 is 17.2 Å². The van der Waals surface area contributed by atoms with Crippen molar-refractivity contribution in [1.29, 1.82) is 0 Å². The molecule has 1 aromatic carbocycles. The van der Waals surface area contributed by atoms with Crippen LogP contribution in [0.4, 0.5) is 5.69 Å². The molecule has 2 N–H and O–H groups in total. The zero-order chi connectivity index (χ0) is 17.4. The van der Waals surface area contributed by atoms with Crippen LogP contribution in [0.3, 0.4) is 0 Å². The van der Waals surface area contributed by atoms with Gasteiger partial charge in [-0.3, -0.25) is 4.79 Å². The highest BCUT2D eigenvalue weighted by molar-refractivity contribution is 6.26. The lowest BCUT2D eigenvalue weighted by Crippen LogP contribution is -2.27. The number of aromatic hydroxyl groups is 1. The third-order valence-electron chi connectivity index (χ3n) is 4.16. The van der Waals surface area contributed by atoms with Gasteiger partial charge in [-0.1, -0.05) is 17.3 Å². The molecule has 1 aliphatic heterocycles. The normalized spacial score (nSPS) is 16.4. The number of aromatic nitrogens is 1. The Kier molecular flexibility index (Phi) is 3.89. The van der Waals surface area contributed by atoms with Gasteiger partial charge in [-0.15, -0.1) is 6.58 Å². The van der Waals surface area contributed by atoms with Gasteiger partial charge in [-0.05, 0) is 37.1 Å². The van der Waals surface area contributed by atoms with Crippen LogP contribution < -0.4 is 5.32 Å². The number of phenols is 1. The number of aryl methyl sites for hydroxylation is 2. The number of anilines is 1. The SMILES string of the molecule is C=CC1c2cc(O)ccc2C(C(=O)Nc2c(C)noc2C)=CN1C. The van der Waals surface area contributed by atoms with E-state index < -0.39 is 0 Å². The van der Waals surface area contributed by atoms with Crippen LogP contribution in [0, 0.1) is 13.8 Å². The summed E-state index contributed by atoms with van der Waals surface area (Å²) in [6.07, 6.45) is 3.55. The number of phenolic OH excluding ortho intramolecular Hbond substituents is 1. The summed E-state index contributed by atoms with van der Waals surface area (Å²) < 4.78 is 5.08. The van der Waals surface area contributed by atoms with E-state index in [4.69, 9.17) is 4.52 Å². The number of hydrogen-bond donors (Lipinski definition) is 2. The molecule has 0 aliphatic carbocycles. The Bertz CT molecular complexity index is 832. The summed E-state index contributed by atoms with van der Waals surface area (Å²) in [5.74, 6) is 0.451. The van der Waals surface area contributed by atoms with Crippen molar-refractivity contribution < 1.29 is 14.4 Å². The number of hydrogen-bond acceptors (Lipinski definition) is 5. The molecule has 1 unspecified atom stereocenters. The van der Waals surface area contributed by atoms with E-state index in [1.165, 1.54) is 0 Å². The predicted octanol–water partition coefficient (Wildman–Crippen LogP) is 3.15. The van der Waals surface area contributed by atoms with Crippen molar-refractivity contribution in [3.05, 3.63) is 59.6 Å². The van der Waals surface area contributed by atoms with E-state index in [0.29, 0.717) is 22.7 Å². The van der Waals surface area contributed by atoms with E-state index in [2.05, 4.69) is 17.1 Å². The molecular weight excluding hydrogens is 306 g/mol. The lowest BCUT2D eigenvalue weighted by molar-refractivity contribution is -0.111. The highest BCUT2D eigenvalue weighted by Gasteiger charge is 2.27. The summed E-state index contributed by atoms with van der Waals surface area (Å²) in [7, 11) is 1.86. The average molecular weight is 325 g/mol. The molecular formula is C18H19N3O3. The highest BCUT2D eigenvalue weighted by atomic mass is 16.5. The molecule has 6 heteroatoms. The van der Waals surface area contributed by atoms with E-state index >= 15 is 0 Å². The number of nitrogens with one attached hydrogen (secondary N) is 1. The van der Waals surface area contributed by atoms with E-state index in [1.54, 1.807) is 44.3 Å². The maximum absolute atomic E-state index is 12.8. The fourth-order valence-corrected chi connectivity index (χ4v) is 2.93. The standard InChI is InChI=1S/C18H19N3O3/c1-5-16-14-8-12(22)6-7-13(14)15(9-21(16)4)18(23)19-17-10(2)20-24-11(17)3/h5-9,16,22H,1H2,2-4H3,(H,19,23). The second kappa shape index (κ2) is 5.88. The number of amides is 1. The second-order valence-electron chi connectivity index (χ2n) is 5.81. The number of likely N-dealkylation sites (N-methyl/N-ethyl adjacent to an activating group) is 1. The van der Waals surface area contributed by atoms with Gasteiger partial charge in [-0.25, -0.2) is 0 Å². The number of benzene rings is 1.